The van der Waals surface area contributed by atoms with Gasteiger partial charge in [-0.05, 0) is 0 Å². The first-order valence-corrected chi connectivity index (χ1v) is 0.654. The Morgan fingerprint density at radius 2 is 2.00 bits per heavy atom. The summed E-state index contributed by atoms with van der Waals surface area (Å²) >= 11 is 0. The SMILES string of the molecule is O=COO.[Ca]. The minimum atomic E-state index is -0.0694. The van der Waals surface area contributed by atoms with Crippen LogP contribution in [-0.4, -0.2) is 49.5 Å². The molecule has 2 radical (unpaired) electrons. The predicted molar refractivity (Wildman–Crippen MR) is 15.5 cm³/mol. The zero-order chi connectivity index (χ0) is 3.41. The first kappa shape index (κ1) is 9.19. The molecule has 0 aliphatic carbocycles. The molecule has 0 aliphatic rings. The molecule has 5 heavy (non-hydrogen) atoms. The molecule has 4 heteroatoms. The van der Waals surface area contributed by atoms with E-state index in [0.29, 0.717) is 0 Å². The quantitative estimate of drug-likeness (QED) is 0.205. The fourth-order valence-corrected chi connectivity index (χ4v) is 0. The Morgan fingerprint density at radius 3 is 2.00 bits per heavy atom. The van der Waals surface area contributed by atoms with Crippen molar-refractivity contribution in [1.29, 1.82) is 0 Å². The van der Waals surface area contributed by atoms with Crippen LogP contribution in [0, 0.1) is 0 Å². The van der Waals surface area contributed by atoms with Crippen molar-refractivity contribution in [1.82, 2.24) is 0 Å². The van der Waals surface area contributed by atoms with E-state index >= 15 is 0 Å². The number of carbonyl (C=O) groups excluding carboxylic acids is 1. The Hall–Kier alpha value is 0.690. The Labute approximate surface area is 58.9 Å². The van der Waals surface area contributed by atoms with Crippen LogP contribution in [0.3, 0.4) is 0 Å². The van der Waals surface area contributed by atoms with Gasteiger partial charge in [-0.15, -0.1) is 0 Å². The van der Waals surface area contributed by atoms with Gasteiger partial charge in [-0.3, -0.25) is 4.79 Å². The molecular weight excluding hydrogens is 100 g/mol. The minimum absolute atomic E-state index is 0. The number of hydrogen-bond donors (Lipinski definition) is 1. The molecule has 0 aromatic carbocycles. The number of rotatable bonds is 1. The third-order valence-corrected chi connectivity index (χ3v) is 0.0430. The van der Waals surface area contributed by atoms with Gasteiger partial charge in [0.25, 0.3) is 0 Å². The molecule has 26 valence electrons. The molecule has 0 aromatic heterocycles. The molecule has 0 heterocycles. The van der Waals surface area contributed by atoms with E-state index in [-0.39, 0.29) is 44.2 Å². The van der Waals surface area contributed by atoms with Gasteiger partial charge in [0.15, 0.2) is 0 Å². The van der Waals surface area contributed by atoms with Crippen molar-refractivity contribution in [2.45, 2.75) is 0 Å². The van der Waals surface area contributed by atoms with Crippen LogP contribution in [0.4, 0.5) is 0 Å². The van der Waals surface area contributed by atoms with Gasteiger partial charge >= 0.3 is 6.47 Å². The van der Waals surface area contributed by atoms with Crippen molar-refractivity contribution < 1.29 is 14.9 Å². The van der Waals surface area contributed by atoms with Gasteiger partial charge in [0, 0.05) is 37.7 Å². The topological polar surface area (TPSA) is 46.5 Å². The molecule has 0 unspecified atom stereocenters. The van der Waals surface area contributed by atoms with E-state index in [1.165, 1.54) is 0 Å². The summed E-state index contributed by atoms with van der Waals surface area (Å²) in [4.78, 5) is 11.6. The fraction of sp³-hybridized carbons (Fsp3) is 0. The van der Waals surface area contributed by atoms with Crippen LogP contribution >= 0.6 is 0 Å². The van der Waals surface area contributed by atoms with Gasteiger partial charge in [0.05, 0.1) is 0 Å². The van der Waals surface area contributed by atoms with E-state index in [4.69, 9.17) is 10.1 Å². The zero-order valence-corrected chi connectivity index (χ0v) is 4.76. The van der Waals surface area contributed by atoms with E-state index in [9.17, 15) is 0 Å². The second-order valence-corrected chi connectivity index (χ2v) is 0.202. The molecular formula is CH2CaO3. The molecule has 0 aromatic rings. The second-order valence-electron chi connectivity index (χ2n) is 0.202. The third kappa shape index (κ3) is 11.9. The Bertz CT molecular complexity index is 20.9. The van der Waals surface area contributed by atoms with Crippen LogP contribution in [-0.2, 0) is 9.68 Å². The molecule has 0 amide bonds. The summed E-state index contributed by atoms with van der Waals surface area (Å²) in [5, 5.41) is 7.01. The molecule has 0 saturated carbocycles. The van der Waals surface area contributed by atoms with Crippen molar-refractivity contribution in [2.24, 2.45) is 0 Å². The summed E-state index contributed by atoms with van der Waals surface area (Å²) in [5.74, 6) is 0. The van der Waals surface area contributed by atoms with E-state index in [2.05, 4.69) is 4.89 Å². The van der Waals surface area contributed by atoms with E-state index in [1.54, 1.807) is 0 Å². The number of carbonyl (C=O) groups is 1. The predicted octanol–water partition coefficient (Wildman–Crippen LogP) is -0.748. The summed E-state index contributed by atoms with van der Waals surface area (Å²) in [5.41, 5.74) is 0. The Balaban J connectivity index is 0. The first-order valence-electron chi connectivity index (χ1n) is 0.654. The molecule has 0 rings (SSSR count). The zero-order valence-electron chi connectivity index (χ0n) is 2.55. The van der Waals surface area contributed by atoms with Crippen molar-refractivity contribution in [3.05, 3.63) is 0 Å². The van der Waals surface area contributed by atoms with Crippen LogP contribution in [0.5, 0.6) is 0 Å². The molecule has 0 fully saturated rings. The smallest absolute Gasteiger partial charge is 0.304 e. The van der Waals surface area contributed by atoms with Crippen LogP contribution in [0.15, 0.2) is 0 Å². The van der Waals surface area contributed by atoms with Gasteiger partial charge in [-0.25, -0.2) is 5.26 Å². The summed E-state index contributed by atoms with van der Waals surface area (Å²) in [6.07, 6.45) is 0. The van der Waals surface area contributed by atoms with Crippen LogP contribution in [0.1, 0.15) is 0 Å². The van der Waals surface area contributed by atoms with Gasteiger partial charge in [0.1, 0.15) is 0 Å². The van der Waals surface area contributed by atoms with Crippen molar-refractivity contribution in [3.8, 4) is 0 Å². The van der Waals surface area contributed by atoms with E-state index in [1.807, 2.05) is 0 Å². The monoisotopic (exact) mass is 102 g/mol. The van der Waals surface area contributed by atoms with Crippen LogP contribution in [0.25, 0.3) is 0 Å². The summed E-state index contributed by atoms with van der Waals surface area (Å²) in [7, 11) is 0. The van der Waals surface area contributed by atoms with Gasteiger partial charge in [0.2, 0.25) is 0 Å². The fourth-order valence-electron chi connectivity index (χ4n) is 0. The molecule has 0 atom stereocenters. The summed E-state index contributed by atoms with van der Waals surface area (Å²) in [6, 6.07) is 0. The molecule has 0 aliphatic heterocycles. The van der Waals surface area contributed by atoms with Crippen LogP contribution < -0.4 is 0 Å². The van der Waals surface area contributed by atoms with E-state index in [0.717, 1.165) is 0 Å². The van der Waals surface area contributed by atoms with Crippen molar-refractivity contribution >= 4 is 44.2 Å². The van der Waals surface area contributed by atoms with Crippen molar-refractivity contribution in [3.63, 3.8) is 0 Å². The molecule has 0 bridgehead atoms. The molecule has 0 spiro atoms. The maximum Gasteiger partial charge on any atom is 0.330 e. The van der Waals surface area contributed by atoms with Gasteiger partial charge in [-0.2, -0.15) is 0 Å². The third-order valence-electron chi connectivity index (χ3n) is 0.0430. The normalized spacial score (nSPS) is 4.20. The van der Waals surface area contributed by atoms with Crippen molar-refractivity contribution in [2.75, 3.05) is 0 Å². The van der Waals surface area contributed by atoms with Gasteiger partial charge < -0.3 is 4.89 Å². The first-order chi connectivity index (χ1) is 1.91. The van der Waals surface area contributed by atoms with Gasteiger partial charge in [-0.1, -0.05) is 0 Å². The average molecular weight is 102 g/mol. The maximum atomic E-state index is 8.70. The van der Waals surface area contributed by atoms with E-state index < -0.39 is 0 Å². The number of hydrogen-bond acceptors (Lipinski definition) is 3. The molecule has 3 nitrogen and oxygen atoms in total. The van der Waals surface area contributed by atoms with Crippen LogP contribution in [0.2, 0.25) is 0 Å². The second kappa shape index (κ2) is 8.83. The summed E-state index contributed by atoms with van der Waals surface area (Å²) in [6.45, 7) is -0.0694. The standard InChI is InChI=1S/CH2O3.Ca/c2-1-4-3;/h1,3H;. The Morgan fingerprint density at radius 1 is 1.80 bits per heavy atom. The maximum absolute atomic E-state index is 8.70. The Kier molecular flexibility index (Phi) is 16.2. The average Bonchev–Trinajstić information content (AvgIpc) is 1.37. The molecule has 1 N–H and O–H groups in total. The largest absolute Gasteiger partial charge is 0.330 e. The minimum Gasteiger partial charge on any atom is -0.304 e. The summed E-state index contributed by atoms with van der Waals surface area (Å²) < 4.78 is 0. The molecule has 0 saturated heterocycles.